The largest absolute Gasteiger partial charge is 0.301 e. The molecule has 1 aliphatic carbocycles. The van der Waals surface area contributed by atoms with E-state index in [0.29, 0.717) is 5.13 Å². The summed E-state index contributed by atoms with van der Waals surface area (Å²) in [5.41, 5.74) is 1.17. The molecule has 1 aliphatic rings. The number of aromatic nitrogens is 1. The highest BCUT2D eigenvalue weighted by molar-refractivity contribution is 7.15. The Morgan fingerprint density at radius 2 is 2.20 bits per heavy atom. The van der Waals surface area contributed by atoms with Crippen LogP contribution >= 0.6 is 22.9 Å². The molecule has 0 spiro atoms. The highest BCUT2D eigenvalue weighted by Gasteiger charge is 2.14. The van der Waals surface area contributed by atoms with Gasteiger partial charge >= 0.3 is 0 Å². The number of carbonyl (C=O) groups excluding carboxylic acids is 1. The number of hydrogen-bond acceptors (Lipinski definition) is 3. The van der Waals surface area contributed by atoms with Gasteiger partial charge in [0.05, 0.1) is 5.69 Å². The molecule has 2 rings (SSSR count). The molecule has 0 bridgehead atoms. The van der Waals surface area contributed by atoms with Crippen LogP contribution in [0.5, 0.6) is 0 Å². The van der Waals surface area contributed by atoms with Crippen LogP contribution in [0.2, 0.25) is 0 Å². The summed E-state index contributed by atoms with van der Waals surface area (Å²) in [5.74, 6) is -0.190. The van der Waals surface area contributed by atoms with E-state index in [-0.39, 0.29) is 11.8 Å². The fourth-order valence-corrected chi connectivity index (χ4v) is 2.87. The molecule has 0 radical (unpaired) electrons. The lowest BCUT2D eigenvalue weighted by atomic mass is 10.2. The number of halogens is 1. The van der Waals surface area contributed by atoms with E-state index >= 15 is 0 Å². The number of carbonyl (C=O) groups is 1. The van der Waals surface area contributed by atoms with Gasteiger partial charge < -0.3 is 5.32 Å². The van der Waals surface area contributed by atoms with Crippen molar-refractivity contribution < 1.29 is 4.79 Å². The zero-order valence-electron chi connectivity index (χ0n) is 8.38. The van der Waals surface area contributed by atoms with Gasteiger partial charge in [-0.15, -0.1) is 22.9 Å². The molecule has 82 valence electrons. The Labute approximate surface area is 97.9 Å². The summed E-state index contributed by atoms with van der Waals surface area (Å²) in [5, 5.41) is 3.41. The van der Waals surface area contributed by atoms with Crippen molar-refractivity contribution in [2.45, 2.75) is 32.1 Å². The van der Waals surface area contributed by atoms with Gasteiger partial charge in [-0.3, -0.25) is 4.79 Å². The molecule has 1 aromatic rings. The van der Waals surface area contributed by atoms with Gasteiger partial charge in [0.1, 0.15) is 5.88 Å². The number of aryl methyl sites for hydroxylation is 2. The monoisotopic (exact) mass is 244 g/mol. The van der Waals surface area contributed by atoms with Crippen molar-refractivity contribution in [2.24, 2.45) is 0 Å². The Balaban J connectivity index is 2.11. The number of amides is 1. The average Bonchev–Trinajstić information content (AvgIpc) is 2.48. The average molecular weight is 245 g/mol. The standard InChI is InChI=1S/C10H13ClN2OS/c11-6-9(14)13-10-12-7-4-2-1-3-5-8(7)15-10/h1-6H2,(H,12,13,14). The third-order valence-corrected chi connectivity index (χ3v) is 3.78. The number of thiazole rings is 1. The molecule has 0 atom stereocenters. The smallest absolute Gasteiger partial charge is 0.241 e. The molecule has 3 nitrogen and oxygen atoms in total. The van der Waals surface area contributed by atoms with E-state index in [0.717, 1.165) is 12.8 Å². The van der Waals surface area contributed by atoms with E-state index in [9.17, 15) is 4.79 Å². The third-order valence-electron chi connectivity index (χ3n) is 2.46. The number of fused-ring (bicyclic) bond motifs is 1. The summed E-state index contributed by atoms with van der Waals surface area (Å²) >= 11 is 7.01. The normalized spacial score (nSPS) is 15.5. The minimum absolute atomic E-state index is 0.00968. The SMILES string of the molecule is O=C(CCl)Nc1nc2c(s1)CCCCC2. The summed E-state index contributed by atoms with van der Waals surface area (Å²) in [6, 6.07) is 0. The van der Waals surface area contributed by atoms with Gasteiger partial charge in [0.2, 0.25) is 5.91 Å². The third kappa shape index (κ3) is 2.69. The maximum atomic E-state index is 11.1. The Bertz CT molecular complexity index is 341. The number of alkyl halides is 1. The molecule has 1 aromatic heterocycles. The summed E-state index contributed by atoms with van der Waals surface area (Å²) < 4.78 is 0. The highest BCUT2D eigenvalue weighted by Crippen LogP contribution is 2.28. The fraction of sp³-hybridized carbons (Fsp3) is 0.600. The van der Waals surface area contributed by atoms with Crippen molar-refractivity contribution in [3.05, 3.63) is 10.6 Å². The number of nitrogens with one attached hydrogen (secondary N) is 1. The number of rotatable bonds is 2. The Kier molecular flexibility index (Phi) is 3.59. The van der Waals surface area contributed by atoms with Crippen LogP contribution in [0, 0.1) is 0 Å². The first-order valence-electron chi connectivity index (χ1n) is 5.14. The van der Waals surface area contributed by atoms with Crippen LogP contribution in [0.15, 0.2) is 0 Å². The van der Waals surface area contributed by atoms with Crippen LogP contribution in [-0.2, 0) is 17.6 Å². The quantitative estimate of drug-likeness (QED) is 0.642. The molecule has 5 heteroatoms. The van der Waals surface area contributed by atoms with Crippen molar-refractivity contribution in [3.63, 3.8) is 0 Å². The molecular weight excluding hydrogens is 232 g/mol. The molecule has 0 aliphatic heterocycles. The summed E-state index contributed by atoms with van der Waals surface area (Å²) in [4.78, 5) is 16.8. The molecule has 1 amide bonds. The van der Waals surface area contributed by atoms with E-state index in [1.165, 1.54) is 29.8 Å². The number of anilines is 1. The van der Waals surface area contributed by atoms with Crippen molar-refractivity contribution in [1.82, 2.24) is 4.98 Å². The maximum absolute atomic E-state index is 11.1. The lowest BCUT2D eigenvalue weighted by Crippen LogP contribution is -2.12. The maximum Gasteiger partial charge on any atom is 0.241 e. The molecule has 15 heavy (non-hydrogen) atoms. The van der Waals surface area contributed by atoms with Crippen LogP contribution in [0.3, 0.4) is 0 Å². The predicted octanol–water partition coefficient (Wildman–Crippen LogP) is 2.59. The van der Waals surface area contributed by atoms with E-state index < -0.39 is 0 Å². The predicted molar refractivity (Wildman–Crippen MR) is 62.7 cm³/mol. The number of hydrogen-bond donors (Lipinski definition) is 1. The minimum atomic E-state index is -0.180. The Morgan fingerprint density at radius 1 is 1.40 bits per heavy atom. The number of nitrogens with zero attached hydrogens (tertiary/aromatic N) is 1. The van der Waals surface area contributed by atoms with Crippen molar-refractivity contribution in [3.8, 4) is 0 Å². The van der Waals surface area contributed by atoms with E-state index in [1.807, 2.05) is 0 Å². The van der Waals surface area contributed by atoms with Gasteiger partial charge in [0.15, 0.2) is 5.13 Å². The zero-order chi connectivity index (χ0) is 10.7. The topological polar surface area (TPSA) is 42.0 Å². The second kappa shape index (κ2) is 4.94. The molecule has 1 N–H and O–H groups in total. The minimum Gasteiger partial charge on any atom is -0.301 e. The van der Waals surface area contributed by atoms with Gasteiger partial charge in [-0.1, -0.05) is 6.42 Å². The van der Waals surface area contributed by atoms with Crippen molar-refractivity contribution in [1.29, 1.82) is 0 Å². The second-order valence-corrected chi connectivity index (χ2v) is 4.98. The van der Waals surface area contributed by atoms with Crippen LogP contribution in [0.25, 0.3) is 0 Å². The van der Waals surface area contributed by atoms with Crippen LogP contribution in [0.4, 0.5) is 5.13 Å². The molecule has 0 saturated carbocycles. The lowest BCUT2D eigenvalue weighted by molar-refractivity contribution is -0.113. The molecule has 0 aromatic carbocycles. The first-order chi connectivity index (χ1) is 7.29. The molecule has 0 fully saturated rings. The van der Waals surface area contributed by atoms with E-state index in [2.05, 4.69) is 10.3 Å². The summed E-state index contributed by atoms with van der Waals surface area (Å²) in [7, 11) is 0. The van der Waals surface area contributed by atoms with Gasteiger partial charge in [-0.25, -0.2) is 4.98 Å². The molecule has 1 heterocycles. The molecule has 0 unspecified atom stereocenters. The van der Waals surface area contributed by atoms with Gasteiger partial charge in [0, 0.05) is 4.88 Å². The first-order valence-corrected chi connectivity index (χ1v) is 6.49. The Morgan fingerprint density at radius 3 is 3.00 bits per heavy atom. The van der Waals surface area contributed by atoms with Gasteiger partial charge in [-0.2, -0.15) is 0 Å². The Hall–Kier alpha value is -0.610. The van der Waals surface area contributed by atoms with E-state index in [1.54, 1.807) is 11.3 Å². The lowest BCUT2D eigenvalue weighted by Gasteiger charge is -1.96. The first kappa shape index (κ1) is 10.9. The van der Waals surface area contributed by atoms with Crippen LogP contribution < -0.4 is 5.32 Å². The van der Waals surface area contributed by atoms with Crippen LogP contribution in [0.1, 0.15) is 29.8 Å². The van der Waals surface area contributed by atoms with Crippen molar-refractivity contribution in [2.75, 3.05) is 11.2 Å². The van der Waals surface area contributed by atoms with Gasteiger partial charge in [0.25, 0.3) is 0 Å². The van der Waals surface area contributed by atoms with Crippen molar-refractivity contribution >= 4 is 34.0 Å². The molecular formula is C10H13ClN2OS. The van der Waals surface area contributed by atoms with Gasteiger partial charge in [-0.05, 0) is 25.7 Å². The van der Waals surface area contributed by atoms with E-state index in [4.69, 9.17) is 11.6 Å². The van der Waals surface area contributed by atoms with Crippen LogP contribution in [-0.4, -0.2) is 16.8 Å². The zero-order valence-corrected chi connectivity index (χ0v) is 9.96. The highest BCUT2D eigenvalue weighted by atomic mass is 35.5. The summed E-state index contributed by atoms with van der Waals surface area (Å²) in [6.45, 7) is 0. The second-order valence-electron chi connectivity index (χ2n) is 3.63. The molecule has 0 saturated heterocycles. The fourth-order valence-electron chi connectivity index (χ4n) is 1.73. The summed E-state index contributed by atoms with van der Waals surface area (Å²) in [6.07, 6.45) is 5.87.